The first-order valence-electron chi connectivity index (χ1n) is 19.9. The SMILES string of the molecule is CN(C(=O)OCc1cc[n+](C)cc1)C1=C(/C=C/c2cc(-c3ccccc3)cc(-c3ccccc3)[s+]2)CCC/C1=C\C=C1/C=C(c2ccccc2)C=C(c2ccccc2)S1. The third-order valence-corrected chi connectivity index (χ3v) is 12.5. The number of carbonyl (C=O) groups excluding carboxylic acids is 1. The number of nitrogens with zero attached hydrogens (tertiary/aromatic N) is 2. The van der Waals surface area contributed by atoms with Gasteiger partial charge in [-0.05, 0) is 88.6 Å². The number of aromatic nitrogens is 1. The van der Waals surface area contributed by atoms with E-state index in [4.69, 9.17) is 4.74 Å². The number of benzene rings is 4. The molecule has 290 valence electrons. The molecule has 2 aliphatic rings. The second-order valence-corrected chi connectivity index (χ2v) is 16.8. The Morgan fingerprint density at radius 3 is 2.02 bits per heavy atom. The van der Waals surface area contributed by atoms with E-state index in [1.165, 1.54) is 43.2 Å². The summed E-state index contributed by atoms with van der Waals surface area (Å²) in [4.78, 5) is 20.3. The van der Waals surface area contributed by atoms with Crippen molar-refractivity contribution in [2.45, 2.75) is 25.9 Å². The maximum Gasteiger partial charge on any atom is 0.414 e. The molecule has 8 rings (SSSR count). The van der Waals surface area contributed by atoms with Crippen molar-refractivity contribution < 1.29 is 14.1 Å². The largest absolute Gasteiger partial charge is 0.444 e. The molecule has 1 amide bonds. The minimum absolute atomic E-state index is 0.195. The Morgan fingerprint density at radius 1 is 0.712 bits per heavy atom. The lowest BCUT2D eigenvalue weighted by Gasteiger charge is -2.28. The van der Waals surface area contributed by atoms with Gasteiger partial charge in [0.2, 0.25) is 21.1 Å². The highest BCUT2D eigenvalue weighted by atomic mass is 32.2. The molecule has 0 unspecified atom stereocenters. The van der Waals surface area contributed by atoms with Crippen LogP contribution in [0.4, 0.5) is 4.79 Å². The van der Waals surface area contributed by atoms with Crippen LogP contribution in [0, 0.1) is 0 Å². The van der Waals surface area contributed by atoms with Gasteiger partial charge in [-0.2, -0.15) is 0 Å². The van der Waals surface area contributed by atoms with E-state index in [1.807, 2.05) is 43.2 Å². The zero-order valence-electron chi connectivity index (χ0n) is 33.3. The molecule has 59 heavy (non-hydrogen) atoms. The van der Waals surface area contributed by atoms with Crippen LogP contribution in [0.2, 0.25) is 0 Å². The van der Waals surface area contributed by atoms with Crippen molar-refractivity contribution in [2.75, 3.05) is 7.05 Å². The summed E-state index contributed by atoms with van der Waals surface area (Å²) < 4.78 is 7.92. The van der Waals surface area contributed by atoms with Crippen molar-refractivity contribution in [2.24, 2.45) is 7.05 Å². The van der Waals surface area contributed by atoms with Gasteiger partial charge in [0.15, 0.2) is 12.4 Å². The number of thioether (sulfide) groups is 1. The first-order valence-corrected chi connectivity index (χ1v) is 21.6. The molecule has 6 heteroatoms. The fourth-order valence-electron chi connectivity index (χ4n) is 7.29. The number of hydrogen-bond acceptors (Lipinski definition) is 3. The van der Waals surface area contributed by atoms with E-state index >= 15 is 0 Å². The number of amides is 1. The Bertz CT molecular complexity index is 2550. The second-order valence-electron chi connectivity index (χ2n) is 14.6. The Kier molecular flexibility index (Phi) is 12.7. The quantitative estimate of drug-likeness (QED) is 0.102. The van der Waals surface area contributed by atoms with Crippen molar-refractivity contribution in [1.82, 2.24) is 4.90 Å². The number of hydrogen-bond donors (Lipinski definition) is 0. The highest BCUT2D eigenvalue weighted by molar-refractivity contribution is 8.12. The lowest BCUT2D eigenvalue weighted by Crippen LogP contribution is -2.30. The normalized spacial score (nSPS) is 15.6. The van der Waals surface area contributed by atoms with Gasteiger partial charge >= 0.3 is 6.09 Å². The maximum absolute atomic E-state index is 13.9. The van der Waals surface area contributed by atoms with Crippen molar-refractivity contribution in [3.05, 3.63) is 232 Å². The molecular weight excluding hydrogens is 761 g/mol. The molecule has 0 radical (unpaired) electrons. The molecular formula is C53H46N2O2S2+2. The lowest BCUT2D eigenvalue weighted by atomic mass is 9.90. The van der Waals surface area contributed by atoms with Gasteiger partial charge in [0.05, 0.1) is 5.70 Å². The van der Waals surface area contributed by atoms with E-state index < -0.39 is 0 Å². The molecule has 4 aromatic carbocycles. The van der Waals surface area contributed by atoms with E-state index in [0.29, 0.717) is 0 Å². The van der Waals surface area contributed by atoms with E-state index in [9.17, 15) is 4.79 Å². The van der Waals surface area contributed by atoms with E-state index in [-0.39, 0.29) is 12.7 Å². The molecule has 0 fully saturated rings. The van der Waals surface area contributed by atoms with Gasteiger partial charge in [0.25, 0.3) is 0 Å². The van der Waals surface area contributed by atoms with Gasteiger partial charge in [-0.1, -0.05) is 133 Å². The van der Waals surface area contributed by atoms with Crippen LogP contribution in [0.15, 0.2) is 210 Å². The van der Waals surface area contributed by atoms with Crippen molar-refractivity contribution in [3.8, 4) is 21.6 Å². The minimum atomic E-state index is -0.382. The average Bonchev–Trinajstić information content (AvgIpc) is 3.30. The Labute approximate surface area is 356 Å². The summed E-state index contributed by atoms with van der Waals surface area (Å²) in [6.45, 7) is 0.195. The summed E-state index contributed by atoms with van der Waals surface area (Å²) in [6.07, 6.45) is 19.6. The Hall–Kier alpha value is -6.34. The van der Waals surface area contributed by atoms with Gasteiger partial charge in [-0.15, -0.1) is 0 Å². The zero-order chi connectivity index (χ0) is 40.4. The second kappa shape index (κ2) is 18.9. The number of rotatable bonds is 10. The van der Waals surface area contributed by atoms with E-state index in [0.717, 1.165) is 51.5 Å². The highest BCUT2D eigenvalue weighted by Crippen LogP contribution is 2.43. The molecule has 0 bridgehead atoms. The smallest absolute Gasteiger partial charge is 0.414 e. The molecule has 1 aliphatic carbocycles. The molecule has 0 N–H and O–H groups in total. The molecule has 4 nitrogen and oxygen atoms in total. The average molecular weight is 807 g/mol. The number of aryl methyl sites for hydroxylation is 1. The number of ether oxygens (including phenoxy) is 1. The molecule has 1 aliphatic heterocycles. The molecule has 0 spiro atoms. The number of carbonyl (C=O) groups is 1. The molecule has 2 aromatic heterocycles. The number of likely N-dealkylation sites (N-methyl/N-ethyl adjacent to an activating group) is 1. The molecule has 0 saturated heterocycles. The highest BCUT2D eigenvalue weighted by Gasteiger charge is 2.25. The lowest BCUT2D eigenvalue weighted by molar-refractivity contribution is -0.671. The summed E-state index contributed by atoms with van der Waals surface area (Å²) in [5.74, 6) is 0. The third-order valence-electron chi connectivity index (χ3n) is 10.4. The summed E-state index contributed by atoms with van der Waals surface area (Å²) >= 11 is 3.53. The van der Waals surface area contributed by atoms with E-state index in [2.05, 4.69) is 170 Å². The van der Waals surface area contributed by atoms with Crippen LogP contribution in [0.25, 0.3) is 38.1 Å². The third kappa shape index (κ3) is 10.0. The first kappa shape index (κ1) is 39.5. The van der Waals surface area contributed by atoms with Crippen LogP contribution in [0.1, 0.15) is 40.8 Å². The molecule has 0 saturated carbocycles. The summed E-state index contributed by atoms with van der Waals surface area (Å²) in [5.41, 5.74) is 11.1. The monoisotopic (exact) mass is 806 g/mol. The first-order chi connectivity index (χ1) is 29.0. The molecule has 6 aromatic rings. The van der Waals surface area contributed by atoms with Gasteiger partial charge < -0.3 is 4.74 Å². The predicted octanol–water partition coefficient (Wildman–Crippen LogP) is 13.6. The van der Waals surface area contributed by atoms with Gasteiger partial charge in [0.1, 0.15) is 13.7 Å². The van der Waals surface area contributed by atoms with Crippen LogP contribution in [-0.4, -0.2) is 18.0 Å². The predicted molar refractivity (Wildman–Crippen MR) is 248 cm³/mol. The topological polar surface area (TPSA) is 33.4 Å². The van der Waals surface area contributed by atoms with Gasteiger partial charge in [-0.25, -0.2) is 9.36 Å². The van der Waals surface area contributed by atoms with Crippen LogP contribution < -0.4 is 4.57 Å². The van der Waals surface area contributed by atoms with Crippen molar-refractivity contribution in [1.29, 1.82) is 0 Å². The van der Waals surface area contributed by atoms with Gasteiger partial charge in [-0.3, -0.25) is 4.90 Å². The number of pyridine rings is 1. The fraction of sp³-hybridized carbons (Fsp3) is 0.113. The Morgan fingerprint density at radius 2 is 1.34 bits per heavy atom. The molecule has 0 atom stereocenters. The van der Waals surface area contributed by atoms with Crippen LogP contribution in [0.5, 0.6) is 0 Å². The van der Waals surface area contributed by atoms with Gasteiger partial charge in [0, 0.05) is 58.3 Å². The van der Waals surface area contributed by atoms with E-state index in [1.54, 1.807) is 28.0 Å². The van der Waals surface area contributed by atoms with Crippen LogP contribution in [-0.2, 0) is 18.4 Å². The minimum Gasteiger partial charge on any atom is -0.444 e. The summed E-state index contributed by atoms with van der Waals surface area (Å²) in [7, 11) is 3.81. The van der Waals surface area contributed by atoms with Crippen molar-refractivity contribution >= 4 is 45.7 Å². The van der Waals surface area contributed by atoms with Crippen molar-refractivity contribution in [3.63, 3.8) is 0 Å². The number of allylic oxidation sites excluding steroid dienone is 8. The summed E-state index contributed by atoms with van der Waals surface area (Å²) in [5, 5.41) is 0. The van der Waals surface area contributed by atoms with Crippen LogP contribution in [0.3, 0.4) is 0 Å². The molecule has 3 heterocycles. The maximum atomic E-state index is 13.9. The summed E-state index contributed by atoms with van der Waals surface area (Å²) in [6, 6.07) is 50.7. The zero-order valence-corrected chi connectivity index (χ0v) is 35.0. The van der Waals surface area contributed by atoms with Crippen LogP contribution >= 0.6 is 23.1 Å². The standard InChI is InChI=1S/C53H46N2O2S2/c1-54-32-30-39(31-33-54)38-57-53(56)55(2)52-44(26-28-48-34-46(40-16-7-3-8-17-40)36-50(58-48)42-20-11-5-12-21-42)24-15-25-45(52)27-29-49-35-47(41-18-9-4-10-19-41)37-51(59-49)43-22-13-6-14-23-43/h3-14,16-23,26-37H,15,24-25,38H2,1-2H3/q+2. The Balaban J connectivity index is 1.18. The fourth-order valence-corrected chi connectivity index (χ4v) is 9.32.